The molecule has 0 bridgehead atoms. The van der Waals surface area contributed by atoms with Gasteiger partial charge in [0.2, 0.25) is 5.91 Å². The van der Waals surface area contributed by atoms with Crippen LogP contribution in [0.5, 0.6) is 0 Å². The van der Waals surface area contributed by atoms with Gasteiger partial charge in [-0.05, 0) is 24.3 Å². The van der Waals surface area contributed by atoms with Crippen molar-refractivity contribution < 1.29 is 9.53 Å². The molecule has 0 aromatic heterocycles. The number of amides is 1. The predicted molar refractivity (Wildman–Crippen MR) is 76.6 cm³/mol. The van der Waals surface area contributed by atoms with E-state index in [1.54, 1.807) is 0 Å². The van der Waals surface area contributed by atoms with Gasteiger partial charge in [0.1, 0.15) is 0 Å². The van der Waals surface area contributed by atoms with Crippen LogP contribution in [0.3, 0.4) is 0 Å². The monoisotopic (exact) mass is 263 g/mol. The van der Waals surface area contributed by atoms with Crippen molar-refractivity contribution in [1.82, 2.24) is 5.32 Å². The van der Waals surface area contributed by atoms with E-state index in [2.05, 4.69) is 10.6 Å². The van der Waals surface area contributed by atoms with Gasteiger partial charge in [0.25, 0.3) is 0 Å². The summed E-state index contributed by atoms with van der Waals surface area (Å²) in [5.74, 6) is 0.0144. The predicted octanol–water partition coefficient (Wildman–Crippen LogP) is 1.07. The van der Waals surface area contributed by atoms with Gasteiger partial charge in [0.15, 0.2) is 0 Å². The normalized spacial score (nSPS) is 18.9. The Bertz CT molecular complexity index is 411. The van der Waals surface area contributed by atoms with Gasteiger partial charge in [-0.2, -0.15) is 0 Å². The second-order valence-electron chi connectivity index (χ2n) is 4.92. The van der Waals surface area contributed by atoms with E-state index in [1.165, 1.54) is 0 Å². The highest BCUT2D eigenvalue weighted by Crippen LogP contribution is 2.16. The highest BCUT2D eigenvalue weighted by atomic mass is 16.5. The van der Waals surface area contributed by atoms with Crippen LogP contribution in [0.2, 0.25) is 0 Å². The standard InChI is InChI=1S/C14H21N3O2/c1-17(2)13-5-3-11(4-6-13)16-14(18)9-12-10-19-8-7-15-12/h3-6,12,15H,7-10H2,1-2H3,(H,16,18). The third kappa shape index (κ3) is 4.22. The molecule has 0 radical (unpaired) electrons. The number of hydrogen-bond donors (Lipinski definition) is 2. The minimum atomic E-state index is 0.0144. The molecule has 1 amide bonds. The zero-order chi connectivity index (χ0) is 13.7. The Hall–Kier alpha value is -1.59. The average Bonchev–Trinajstić information content (AvgIpc) is 2.40. The molecule has 2 N–H and O–H groups in total. The summed E-state index contributed by atoms with van der Waals surface area (Å²) in [6, 6.07) is 7.92. The molecule has 19 heavy (non-hydrogen) atoms. The van der Waals surface area contributed by atoms with Gasteiger partial charge in [-0.25, -0.2) is 0 Å². The van der Waals surface area contributed by atoms with Crippen molar-refractivity contribution in [3.05, 3.63) is 24.3 Å². The van der Waals surface area contributed by atoms with Crippen LogP contribution < -0.4 is 15.5 Å². The van der Waals surface area contributed by atoms with Crippen molar-refractivity contribution in [3.63, 3.8) is 0 Å². The molecule has 0 aliphatic carbocycles. The van der Waals surface area contributed by atoms with Crippen molar-refractivity contribution in [2.75, 3.05) is 44.1 Å². The van der Waals surface area contributed by atoms with E-state index in [0.29, 0.717) is 13.0 Å². The minimum Gasteiger partial charge on any atom is -0.378 e. The molecule has 1 atom stereocenters. The number of benzene rings is 1. The van der Waals surface area contributed by atoms with E-state index in [1.807, 2.05) is 43.3 Å². The van der Waals surface area contributed by atoms with Crippen molar-refractivity contribution in [2.45, 2.75) is 12.5 Å². The van der Waals surface area contributed by atoms with E-state index >= 15 is 0 Å². The molecule has 1 aromatic rings. The summed E-state index contributed by atoms with van der Waals surface area (Å²) in [6.45, 7) is 2.15. The van der Waals surface area contributed by atoms with Crippen LogP contribution in [0.15, 0.2) is 24.3 Å². The molecule has 2 rings (SSSR count). The Labute approximate surface area is 113 Å². The summed E-state index contributed by atoms with van der Waals surface area (Å²) in [4.78, 5) is 13.9. The van der Waals surface area contributed by atoms with E-state index < -0.39 is 0 Å². The van der Waals surface area contributed by atoms with Gasteiger partial charge >= 0.3 is 0 Å². The average molecular weight is 263 g/mol. The molecule has 104 valence electrons. The Morgan fingerprint density at radius 1 is 1.42 bits per heavy atom. The summed E-state index contributed by atoms with van der Waals surface area (Å²) >= 11 is 0. The number of anilines is 2. The number of carbonyl (C=O) groups excluding carboxylic acids is 1. The lowest BCUT2D eigenvalue weighted by molar-refractivity contribution is -0.117. The summed E-state index contributed by atoms with van der Waals surface area (Å²) in [6.07, 6.45) is 0.440. The van der Waals surface area contributed by atoms with Gasteiger partial charge in [-0.3, -0.25) is 4.79 Å². The zero-order valence-corrected chi connectivity index (χ0v) is 11.5. The van der Waals surface area contributed by atoms with Gasteiger partial charge in [0, 0.05) is 44.5 Å². The maximum Gasteiger partial charge on any atom is 0.226 e. The number of hydrogen-bond acceptors (Lipinski definition) is 4. The van der Waals surface area contributed by atoms with Gasteiger partial charge in [-0.1, -0.05) is 0 Å². The fraction of sp³-hybridized carbons (Fsp3) is 0.500. The molecule has 1 unspecified atom stereocenters. The largest absolute Gasteiger partial charge is 0.378 e. The van der Waals surface area contributed by atoms with Gasteiger partial charge < -0.3 is 20.3 Å². The number of morpholine rings is 1. The number of rotatable bonds is 4. The molecule has 1 heterocycles. The highest BCUT2D eigenvalue weighted by Gasteiger charge is 2.16. The van der Waals surface area contributed by atoms with E-state index in [0.717, 1.165) is 24.5 Å². The quantitative estimate of drug-likeness (QED) is 0.853. The molecule has 5 nitrogen and oxygen atoms in total. The van der Waals surface area contributed by atoms with Gasteiger partial charge in [-0.15, -0.1) is 0 Å². The second kappa shape index (κ2) is 6.54. The Morgan fingerprint density at radius 2 is 2.16 bits per heavy atom. The smallest absolute Gasteiger partial charge is 0.226 e. The third-order valence-corrected chi connectivity index (χ3v) is 3.10. The number of ether oxygens (including phenoxy) is 1. The maximum atomic E-state index is 11.9. The molecule has 1 aliphatic heterocycles. The molecule has 1 aromatic carbocycles. The Kier molecular flexibility index (Phi) is 4.76. The van der Waals surface area contributed by atoms with Crippen LogP contribution >= 0.6 is 0 Å². The molecule has 1 aliphatic rings. The Balaban J connectivity index is 1.84. The SMILES string of the molecule is CN(C)c1ccc(NC(=O)CC2COCCN2)cc1. The van der Waals surface area contributed by atoms with E-state index in [9.17, 15) is 4.79 Å². The molecule has 0 spiro atoms. The maximum absolute atomic E-state index is 11.9. The second-order valence-corrected chi connectivity index (χ2v) is 4.92. The number of nitrogens with one attached hydrogen (secondary N) is 2. The molecule has 1 fully saturated rings. The van der Waals surface area contributed by atoms with Crippen LogP contribution in [0, 0.1) is 0 Å². The molecular formula is C14H21N3O2. The Morgan fingerprint density at radius 3 is 2.74 bits per heavy atom. The van der Waals surface area contributed by atoms with Crippen molar-refractivity contribution >= 4 is 17.3 Å². The van der Waals surface area contributed by atoms with Crippen LogP contribution in [-0.2, 0) is 9.53 Å². The fourth-order valence-electron chi connectivity index (χ4n) is 2.03. The van der Waals surface area contributed by atoms with Crippen LogP contribution in [0.1, 0.15) is 6.42 Å². The molecule has 5 heteroatoms. The lowest BCUT2D eigenvalue weighted by Gasteiger charge is -2.23. The third-order valence-electron chi connectivity index (χ3n) is 3.10. The first kappa shape index (κ1) is 13.8. The van der Waals surface area contributed by atoms with Crippen molar-refractivity contribution in [2.24, 2.45) is 0 Å². The van der Waals surface area contributed by atoms with Crippen LogP contribution in [0.4, 0.5) is 11.4 Å². The molecule has 1 saturated heterocycles. The van der Waals surface area contributed by atoms with E-state index in [4.69, 9.17) is 4.74 Å². The molecular weight excluding hydrogens is 242 g/mol. The summed E-state index contributed by atoms with van der Waals surface area (Å²) in [5.41, 5.74) is 1.94. The molecule has 0 saturated carbocycles. The first-order valence-electron chi connectivity index (χ1n) is 6.53. The number of carbonyl (C=O) groups is 1. The zero-order valence-electron chi connectivity index (χ0n) is 11.5. The van der Waals surface area contributed by atoms with Crippen molar-refractivity contribution in [3.8, 4) is 0 Å². The van der Waals surface area contributed by atoms with Crippen LogP contribution in [0.25, 0.3) is 0 Å². The first-order valence-corrected chi connectivity index (χ1v) is 6.53. The van der Waals surface area contributed by atoms with E-state index in [-0.39, 0.29) is 11.9 Å². The summed E-state index contributed by atoms with van der Waals surface area (Å²) in [5, 5.41) is 6.17. The first-order chi connectivity index (χ1) is 9.15. The highest BCUT2D eigenvalue weighted by molar-refractivity contribution is 5.91. The fourth-order valence-corrected chi connectivity index (χ4v) is 2.03. The van der Waals surface area contributed by atoms with Crippen LogP contribution in [-0.4, -0.2) is 45.8 Å². The topological polar surface area (TPSA) is 53.6 Å². The van der Waals surface area contributed by atoms with Gasteiger partial charge in [0.05, 0.1) is 13.2 Å². The van der Waals surface area contributed by atoms with Crippen molar-refractivity contribution in [1.29, 1.82) is 0 Å². The number of nitrogens with zero attached hydrogens (tertiary/aromatic N) is 1. The lowest BCUT2D eigenvalue weighted by Crippen LogP contribution is -2.43. The lowest BCUT2D eigenvalue weighted by atomic mass is 10.2. The minimum absolute atomic E-state index is 0.0144. The summed E-state index contributed by atoms with van der Waals surface area (Å²) < 4.78 is 5.33. The summed E-state index contributed by atoms with van der Waals surface area (Å²) in [7, 11) is 3.98.